The molecule has 0 aromatic rings. The Bertz CT molecular complexity index is 855. The highest BCUT2D eigenvalue weighted by Gasteiger charge is 2.12. The summed E-state index contributed by atoms with van der Waals surface area (Å²) in [4.78, 5) is 24.1. The van der Waals surface area contributed by atoms with Gasteiger partial charge < -0.3 is 10.1 Å². The molecule has 0 saturated heterocycles. The summed E-state index contributed by atoms with van der Waals surface area (Å²) >= 11 is 0. The number of esters is 1. The fourth-order valence-electron chi connectivity index (χ4n) is 4.91. The van der Waals surface area contributed by atoms with Crippen LogP contribution in [-0.4, -0.2) is 44.1 Å². The maximum atomic E-state index is 12.3. The highest BCUT2D eigenvalue weighted by Crippen LogP contribution is 2.16. The fraction of sp³-hybridized carbons (Fsp3) is 0.824. The molecule has 43 heavy (non-hydrogen) atoms. The van der Waals surface area contributed by atoms with Crippen LogP contribution in [-0.2, 0) is 28.9 Å². The van der Waals surface area contributed by atoms with E-state index in [0.29, 0.717) is 6.42 Å². The van der Waals surface area contributed by atoms with E-state index in [1.54, 1.807) is 0 Å². The molecule has 0 rings (SSSR count). The van der Waals surface area contributed by atoms with Crippen LogP contribution in [0.2, 0.25) is 0 Å². The Balaban J connectivity index is 3.68. The lowest BCUT2D eigenvalue weighted by atomic mass is 10.0. The molecule has 0 aliphatic carbocycles. The van der Waals surface area contributed by atoms with E-state index >= 15 is 0 Å². The second-order valence-corrected chi connectivity index (χ2v) is 12.8. The number of unbranched alkanes of at least 4 members (excludes halogenated alkanes) is 15. The number of amides is 1. The van der Waals surface area contributed by atoms with Crippen LogP contribution in [0, 0.1) is 0 Å². The average molecular weight is 630 g/mol. The minimum atomic E-state index is -4.49. The van der Waals surface area contributed by atoms with Gasteiger partial charge >= 0.3 is 16.4 Å². The molecule has 0 aromatic carbocycles. The van der Waals surface area contributed by atoms with Crippen molar-refractivity contribution >= 4 is 22.3 Å². The zero-order chi connectivity index (χ0) is 32.0. The van der Waals surface area contributed by atoms with Crippen LogP contribution in [0.15, 0.2) is 23.8 Å². The quantitative estimate of drug-likeness (QED) is 0.0268. The molecule has 0 unspecified atom stereocenters. The van der Waals surface area contributed by atoms with E-state index < -0.39 is 10.4 Å². The van der Waals surface area contributed by atoms with Crippen molar-refractivity contribution in [3.8, 4) is 0 Å². The number of allylic oxidation sites excluding steroid dienone is 3. The minimum absolute atomic E-state index is 0.0239. The molecule has 0 bridgehead atoms. The van der Waals surface area contributed by atoms with Gasteiger partial charge in [0.1, 0.15) is 6.10 Å². The summed E-state index contributed by atoms with van der Waals surface area (Å²) in [5.41, 5.74) is 0.907. The SMILES string of the molecule is CCCCCC/C=C\CCCCCCCCCCCCC(=O)O[C@H](CC)CCCC/C(C)=C\C(=O)NCCOS(=O)(=O)O. The molecule has 0 aliphatic rings. The minimum Gasteiger partial charge on any atom is -0.462 e. The van der Waals surface area contributed by atoms with E-state index in [2.05, 4.69) is 28.6 Å². The lowest BCUT2D eigenvalue weighted by molar-refractivity contribution is -0.149. The van der Waals surface area contributed by atoms with Gasteiger partial charge in [-0.15, -0.1) is 0 Å². The number of hydrogen-bond acceptors (Lipinski definition) is 6. The molecular formula is C34H63NO7S. The second-order valence-electron chi connectivity index (χ2n) is 11.7. The average Bonchev–Trinajstić information content (AvgIpc) is 2.95. The van der Waals surface area contributed by atoms with E-state index in [1.807, 2.05) is 13.8 Å². The van der Waals surface area contributed by atoms with E-state index in [9.17, 15) is 18.0 Å². The first-order chi connectivity index (χ1) is 20.7. The standard InChI is InChI=1S/C34H63NO7S/c1-4-6-7-8-9-10-11-12-13-14-15-16-17-18-19-20-21-22-27-34(37)42-32(5-2)26-24-23-25-31(3)30-33(36)35-28-29-41-43(38,39)40/h10-11,30,32H,4-9,12-29H2,1-3H3,(H,35,36)(H,38,39,40)/b11-10-,31-30-/t32-/m1/s1. The van der Waals surface area contributed by atoms with Crippen molar-refractivity contribution in [2.75, 3.05) is 13.2 Å². The van der Waals surface area contributed by atoms with Crippen LogP contribution in [0.4, 0.5) is 0 Å². The summed E-state index contributed by atoms with van der Waals surface area (Å²) < 4.78 is 39.3. The first-order valence-electron chi connectivity index (χ1n) is 17.1. The number of carbonyl (C=O) groups excluding carboxylic acids is 2. The summed E-state index contributed by atoms with van der Waals surface area (Å²) in [6.45, 7) is 5.81. The van der Waals surface area contributed by atoms with Gasteiger partial charge in [-0.1, -0.05) is 102 Å². The first kappa shape index (κ1) is 41.3. The number of rotatable bonds is 30. The molecule has 0 aliphatic heterocycles. The van der Waals surface area contributed by atoms with E-state index in [0.717, 1.165) is 50.5 Å². The van der Waals surface area contributed by atoms with Gasteiger partial charge in [0, 0.05) is 19.0 Å². The molecule has 0 heterocycles. The third kappa shape index (κ3) is 31.5. The maximum absolute atomic E-state index is 12.3. The van der Waals surface area contributed by atoms with Crippen LogP contribution in [0.25, 0.3) is 0 Å². The third-order valence-corrected chi connectivity index (χ3v) is 7.97. The molecule has 0 fully saturated rings. The van der Waals surface area contributed by atoms with Crippen LogP contribution in [0.3, 0.4) is 0 Å². The Hall–Kier alpha value is -1.71. The van der Waals surface area contributed by atoms with Crippen molar-refractivity contribution in [2.45, 2.75) is 168 Å². The van der Waals surface area contributed by atoms with E-state index in [1.165, 1.54) is 96.0 Å². The van der Waals surface area contributed by atoms with Gasteiger partial charge in [0.15, 0.2) is 0 Å². The van der Waals surface area contributed by atoms with Gasteiger partial charge in [0.25, 0.3) is 0 Å². The molecule has 0 aromatic heterocycles. The van der Waals surface area contributed by atoms with Crippen LogP contribution in [0.1, 0.15) is 162 Å². The number of hydrogen-bond donors (Lipinski definition) is 2. The van der Waals surface area contributed by atoms with Crippen molar-refractivity contribution < 1.29 is 31.5 Å². The fourth-order valence-corrected chi connectivity index (χ4v) is 5.20. The zero-order valence-electron chi connectivity index (χ0n) is 27.6. The summed E-state index contributed by atoms with van der Waals surface area (Å²) in [6.07, 6.45) is 31.1. The summed E-state index contributed by atoms with van der Waals surface area (Å²) in [7, 11) is -4.49. The number of carbonyl (C=O) groups is 2. The molecular weight excluding hydrogens is 566 g/mol. The smallest absolute Gasteiger partial charge is 0.397 e. The lowest BCUT2D eigenvalue weighted by Gasteiger charge is -2.16. The Kier molecular flexibility index (Phi) is 27.9. The van der Waals surface area contributed by atoms with E-state index in [-0.39, 0.29) is 31.1 Å². The third-order valence-electron chi connectivity index (χ3n) is 7.50. The van der Waals surface area contributed by atoms with Crippen LogP contribution < -0.4 is 5.32 Å². The zero-order valence-corrected chi connectivity index (χ0v) is 28.4. The molecule has 1 atom stereocenters. The Morgan fingerprint density at radius 1 is 0.767 bits per heavy atom. The van der Waals surface area contributed by atoms with Gasteiger partial charge in [-0.25, -0.2) is 4.18 Å². The van der Waals surface area contributed by atoms with Crippen molar-refractivity contribution in [3.63, 3.8) is 0 Å². The molecule has 8 nitrogen and oxygen atoms in total. The van der Waals surface area contributed by atoms with Crippen molar-refractivity contribution in [2.24, 2.45) is 0 Å². The van der Waals surface area contributed by atoms with Gasteiger partial charge in [-0.3, -0.25) is 14.1 Å². The molecule has 0 spiro atoms. The highest BCUT2D eigenvalue weighted by atomic mass is 32.3. The monoisotopic (exact) mass is 629 g/mol. The molecule has 2 N–H and O–H groups in total. The highest BCUT2D eigenvalue weighted by molar-refractivity contribution is 7.80. The first-order valence-corrected chi connectivity index (χ1v) is 18.5. The van der Waals surface area contributed by atoms with Crippen molar-refractivity contribution in [1.82, 2.24) is 5.32 Å². The molecule has 0 saturated carbocycles. The number of ether oxygens (including phenoxy) is 1. The largest absolute Gasteiger partial charge is 0.462 e. The van der Waals surface area contributed by atoms with Gasteiger partial charge in [0.05, 0.1) is 6.61 Å². The van der Waals surface area contributed by atoms with E-state index in [4.69, 9.17) is 9.29 Å². The Morgan fingerprint density at radius 2 is 1.30 bits per heavy atom. The predicted molar refractivity (Wildman–Crippen MR) is 176 cm³/mol. The Labute approximate surface area is 263 Å². The summed E-state index contributed by atoms with van der Waals surface area (Å²) in [5.74, 6) is -0.432. The summed E-state index contributed by atoms with van der Waals surface area (Å²) in [5, 5.41) is 2.50. The van der Waals surface area contributed by atoms with Crippen LogP contribution >= 0.6 is 0 Å². The predicted octanol–water partition coefficient (Wildman–Crippen LogP) is 8.96. The van der Waals surface area contributed by atoms with Gasteiger partial charge in [-0.2, -0.15) is 8.42 Å². The molecule has 0 radical (unpaired) electrons. The Morgan fingerprint density at radius 3 is 1.86 bits per heavy atom. The normalized spacial score (nSPS) is 13.0. The topological polar surface area (TPSA) is 119 Å². The van der Waals surface area contributed by atoms with Crippen molar-refractivity contribution in [1.29, 1.82) is 0 Å². The van der Waals surface area contributed by atoms with Crippen molar-refractivity contribution in [3.05, 3.63) is 23.8 Å². The summed E-state index contributed by atoms with van der Waals surface area (Å²) in [6, 6.07) is 0. The lowest BCUT2D eigenvalue weighted by Crippen LogP contribution is -2.26. The van der Waals surface area contributed by atoms with Crippen LogP contribution in [0.5, 0.6) is 0 Å². The second kappa shape index (κ2) is 29.0. The molecule has 9 heteroatoms. The van der Waals surface area contributed by atoms with Gasteiger partial charge in [0.2, 0.25) is 5.91 Å². The molecule has 252 valence electrons. The molecule has 1 amide bonds. The number of nitrogens with one attached hydrogen (secondary N) is 1. The maximum Gasteiger partial charge on any atom is 0.397 e. The van der Waals surface area contributed by atoms with Gasteiger partial charge in [-0.05, 0) is 71.1 Å².